The Morgan fingerprint density at radius 3 is 1.80 bits per heavy atom. The van der Waals surface area contributed by atoms with Crippen LogP contribution < -0.4 is 0 Å². The number of fused-ring (bicyclic) bond motifs is 10. The minimum Gasteiger partial charge on any atom is -0.456 e. The summed E-state index contributed by atoms with van der Waals surface area (Å²) >= 11 is 0. The van der Waals surface area contributed by atoms with E-state index in [1.165, 1.54) is 5.39 Å². The quantitative estimate of drug-likeness (QED) is 0.137. The van der Waals surface area contributed by atoms with Crippen molar-refractivity contribution in [3.63, 3.8) is 0 Å². The summed E-state index contributed by atoms with van der Waals surface area (Å²) in [5.74, 6) is 0.861. The van der Waals surface area contributed by atoms with Gasteiger partial charge in [-0.3, -0.25) is 0 Å². The molecule has 0 amide bonds. The predicted molar refractivity (Wildman–Crippen MR) is 211 cm³/mol. The SMILES string of the molecule is C=C/C=C(/c1cccc(-c2cccc(-c3ccc4oc5nc6c7ccccc7c7ccccc7c6nc5c4c3)c2)c1)c1oc2ccccc2c1C. The summed E-state index contributed by atoms with van der Waals surface area (Å²) < 4.78 is 12.7. The number of hydrogen-bond donors (Lipinski definition) is 0. The second-order valence-electron chi connectivity index (χ2n) is 13.0. The van der Waals surface area contributed by atoms with Gasteiger partial charge in [0, 0.05) is 32.7 Å². The fourth-order valence-corrected chi connectivity index (χ4v) is 7.58. The first-order valence-corrected chi connectivity index (χ1v) is 17.1. The number of aromatic nitrogens is 2. The van der Waals surface area contributed by atoms with Gasteiger partial charge in [0.25, 0.3) is 0 Å². The van der Waals surface area contributed by atoms with Crippen molar-refractivity contribution in [2.75, 3.05) is 0 Å². The molecule has 0 radical (unpaired) electrons. The van der Waals surface area contributed by atoms with Gasteiger partial charge in [-0.05, 0) is 75.8 Å². The van der Waals surface area contributed by atoms with Crippen molar-refractivity contribution in [3.8, 4) is 22.3 Å². The summed E-state index contributed by atoms with van der Waals surface area (Å²) in [7, 11) is 0. The van der Waals surface area contributed by atoms with Gasteiger partial charge in [-0.2, -0.15) is 0 Å². The molecule has 0 N–H and O–H groups in total. The molecule has 0 saturated carbocycles. The first-order valence-electron chi connectivity index (χ1n) is 17.1. The first kappa shape index (κ1) is 29.2. The molecular weight excluding hydrogens is 625 g/mol. The molecule has 0 unspecified atom stereocenters. The Kier molecular flexibility index (Phi) is 6.52. The molecule has 3 aromatic heterocycles. The highest BCUT2D eigenvalue weighted by atomic mass is 16.3. The lowest BCUT2D eigenvalue weighted by atomic mass is 9.94. The van der Waals surface area contributed by atoms with Crippen molar-refractivity contribution >= 4 is 71.3 Å². The molecule has 4 heteroatoms. The summed E-state index contributed by atoms with van der Waals surface area (Å²) in [6.45, 7) is 6.12. The van der Waals surface area contributed by atoms with Crippen LogP contribution in [-0.2, 0) is 0 Å². The normalized spacial score (nSPS) is 12.2. The Balaban J connectivity index is 1.08. The van der Waals surface area contributed by atoms with E-state index in [1.54, 1.807) is 0 Å². The Labute approximate surface area is 293 Å². The van der Waals surface area contributed by atoms with Crippen LogP contribution in [0.25, 0.3) is 93.6 Å². The molecule has 0 aliphatic heterocycles. The summed E-state index contributed by atoms with van der Waals surface area (Å²) in [5.41, 5.74) is 12.3. The highest BCUT2D eigenvalue weighted by Crippen LogP contribution is 2.39. The third-order valence-corrected chi connectivity index (χ3v) is 10.0. The molecule has 0 aliphatic rings. The number of furan rings is 2. The number of benzene rings is 7. The van der Waals surface area contributed by atoms with Gasteiger partial charge in [-0.15, -0.1) is 0 Å². The van der Waals surface area contributed by atoms with Crippen molar-refractivity contribution < 1.29 is 8.83 Å². The zero-order valence-electron chi connectivity index (χ0n) is 27.9. The molecule has 3 heterocycles. The maximum Gasteiger partial charge on any atom is 0.246 e. The van der Waals surface area contributed by atoms with Crippen LogP contribution in [0.15, 0.2) is 167 Å². The summed E-state index contributed by atoms with van der Waals surface area (Å²) in [5, 5.41) is 6.56. The fourth-order valence-electron chi connectivity index (χ4n) is 7.58. The number of para-hydroxylation sites is 1. The van der Waals surface area contributed by atoms with Crippen LogP contribution in [-0.4, -0.2) is 9.97 Å². The Hall–Kier alpha value is -6.78. The monoisotopic (exact) mass is 654 g/mol. The van der Waals surface area contributed by atoms with Gasteiger partial charge >= 0.3 is 0 Å². The maximum absolute atomic E-state index is 6.38. The molecule has 0 fully saturated rings. The van der Waals surface area contributed by atoms with Crippen LogP contribution >= 0.6 is 0 Å². The van der Waals surface area contributed by atoms with E-state index in [0.29, 0.717) is 5.71 Å². The molecular formula is C47H30N2O2. The second-order valence-corrected chi connectivity index (χ2v) is 13.0. The largest absolute Gasteiger partial charge is 0.456 e. The topological polar surface area (TPSA) is 52.1 Å². The fraction of sp³-hybridized carbons (Fsp3) is 0.0213. The van der Waals surface area contributed by atoms with Gasteiger partial charge in [0.1, 0.15) is 28.0 Å². The second kappa shape index (κ2) is 11.4. The van der Waals surface area contributed by atoms with E-state index in [-0.39, 0.29) is 0 Å². The lowest BCUT2D eigenvalue weighted by Gasteiger charge is -2.10. The number of hydrogen-bond acceptors (Lipinski definition) is 4. The summed E-state index contributed by atoms with van der Waals surface area (Å²) in [4.78, 5) is 10.3. The van der Waals surface area contributed by atoms with Crippen LogP contribution in [0.4, 0.5) is 0 Å². The zero-order chi connectivity index (χ0) is 34.1. The zero-order valence-corrected chi connectivity index (χ0v) is 27.9. The number of aryl methyl sites for hydroxylation is 1. The van der Waals surface area contributed by atoms with E-state index in [4.69, 9.17) is 18.8 Å². The lowest BCUT2D eigenvalue weighted by molar-refractivity contribution is 0.597. The molecule has 0 spiro atoms. The van der Waals surface area contributed by atoms with Crippen LogP contribution in [0.5, 0.6) is 0 Å². The predicted octanol–water partition coefficient (Wildman–Crippen LogP) is 12.8. The van der Waals surface area contributed by atoms with Crippen molar-refractivity contribution in [1.29, 1.82) is 0 Å². The number of nitrogens with zero attached hydrogens (tertiary/aromatic N) is 2. The molecule has 0 bridgehead atoms. The Bertz CT molecular complexity index is 3070. The molecule has 10 rings (SSSR count). The molecule has 7 aromatic carbocycles. The van der Waals surface area contributed by atoms with Gasteiger partial charge in [-0.25, -0.2) is 9.97 Å². The molecule has 0 saturated heterocycles. The number of allylic oxidation sites excluding steroid dienone is 2. The van der Waals surface area contributed by atoms with Crippen molar-refractivity contribution in [3.05, 3.63) is 175 Å². The minimum absolute atomic E-state index is 0.545. The van der Waals surface area contributed by atoms with Gasteiger partial charge < -0.3 is 8.83 Å². The smallest absolute Gasteiger partial charge is 0.246 e. The molecule has 10 aromatic rings. The van der Waals surface area contributed by atoms with E-state index < -0.39 is 0 Å². The highest BCUT2D eigenvalue weighted by molar-refractivity contribution is 6.24. The molecule has 4 nitrogen and oxygen atoms in total. The summed E-state index contributed by atoms with van der Waals surface area (Å²) in [6, 6.07) is 48.6. The van der Waals surface area contributed by atoms with Gasteiger partial charge in [0.15, 0.2) is 0 Å². The average Bonchev–Trinajstić information content (AvgIpc) is 3.72. The van der Waals surface area contributed by atoms with Gasteiger partial charge in [0.05, 0.1) is 5.52 Å². The number of rotatable bonds is 5. The first-order chi connectivity index (χ1) is 25.1. The van der Waals surface area contributed by atoms with Crippen molar-refractivity contribution in [2.45, 2.75) is 6.92 Å². The van der Waals surface area contributed by atoms with Crippen molar-refractivity contribution in [1.82, 2.24) is 9.97 Å². The summed E-state index contributed by atoms with van der Waals surface area (Å²) in [6.07, 6.45) is 3.85. The van der Waals surface area contributed by atoms with Crippen LogP contribution in [0.1, 0.15) is 16.9 Å². The lowest BCUT2D eigenvalue weighted by Crippen LogP contribution is -1.90. The van der Waals surface area contributed by atoms with Gasteiger partial charge in [-0.1, -0.05) is 128 Å². The van der Waals surface area contributed by atoms with E-state index in [9.17, 15) is 0 Å². The molecule has 0 atom stereocenters. The Morgan fingerprint density at radius 2 is 1.10 bits per heavy atom. The highest BCUT2D eigenvalue weighted by Gasteiger charge is 2.18. The van der Waals surface area contributed by atoms with Crippen LogP contribution in [0.2, 0.25) is 0 Å². The third kappa shape index (κ3) is 4.61. The van der Waals surface area contributed by atoms with Crippen LogP contribution in [0.3, 0.4) is 0 Å². The van der Waals surface area contributed by atoms with E-state index in [2.05, 4.69) is 129 Å². The van der Waals surface area contributed by atoms with E-state index in [0.717, 1.165) is 99.4 Å². The Morgan fingerprint density at radius 1 is 0.510 bits per heavy atom. The minimum atomic E-state index is 0.545. The maximum atomic E-state index is 6.38. The van der Waals surface area contributed by atoms with Crippen LogP contribution in [0, 0.1) is 6.92 Å². The van der Waals surface area contributed by atoms with E-state index in [1.807, 2.05) is 36.4 Å². The average molecular weight is 655 g/mol. The molecule has 0 aliphatic carbocycles. The van der Waals surface area contributed by atoms with E-state index >= 15 is 0 Å². The standard InChI is InChI=1S/C47H30N2O2/c1-3-12-35(46-28(2)34-17-8-9-22-41(34)50-46)33-16-11-15-31(26-33)29-13-10-14-30(25-29)32-23-24-42-40(27-32)45-47(51-42)49-44-39-21-7-5-19-37(39)36-18-4-6-20-38(36)43(44)48-45/h3-27H,1H2,2H3/b35-12-. The third-order valence-electron chi connectivity index (χ3n) is 10.0. The van der Waals surface area contributed by atoms with Gasteiger partial charge in [0.2, 0.25) is 5.71 Å². The molecule has 51 heavy (non-hydrogen) atoms. The van der Waals surface area contributed by atoms with Crippen molar-refractivity contribution in [2.24, 2.45) is 0 Å². The molecule has 240 valence electrons.